The van der Waals surface area contributed by atoms with Crippen LogP contribution in [0.1, 0.15) is 18.5 Å². The van der Waals surface area contributed by atoms with E-state index in [4.69, 9.17) is 28.3 Å². The molecule has 8 heteroatoms. The highest BCUT2D eigenvalue weighted by Crippen LogP contribution is 2.41. The lowest BCUT2D eigenvalue weighted by molar-refractivity contribution is -0.113. The third kappa shape index (κ3) is 3.99. The summed E-state index contributed by atoms with van der Waals surface area (Å²) in [6.45, 7) is 1.84. The van der Waals surface area contributed by atoms with Crippen molar-refractivity contribution in [3.63, 3.8) is 0 Å². The van der Waals surface area contributed by atoms with Crippen LogP contribution in [0.25, 0.3) is 11.4 Å². The molecule has 1 aliphatic heterocycles. The number of aromatic nitrogens is 3. The van der Waals surface area contributed by atoms with Crippen LogP contribution in [0.2, 0.25) is 10.0 Å². The van der Waals surface area contributed by atoms with E-state index in [-0.39, 0.29) is 5.91 Å². The van der Waals surface area contributed by atoms with Gasteiger partial charge in [0, 0.05) is 22.5 Å². The number of anilines is 2. The van der Waals surface area contributed by atoms with Crippen LogP contribution in [0.5, 0.6) is 0 Å². The number of benzene rings is 3. The van der Waals surface area contributed by atoms with Crippen molar-refractivity contribution < 1.29 is 4.79 Å². The molecule has 0 saturated carbocycles. The topological polar surface area (TPSA) is 71.8 Å². The number of carbonyl (C=O) groups excluding carboxylic acids is 1. The Bertz CT molecular complexity index is 1370. The fourth-order valence-electron chi connectivity index (χ4n) is 3.89. The minimum absolute atomic E-state index is 0.269. The third-order valence-electron chi connectivity index (χ3n) is 5.44. The van der Waals surface area contributed by atoms with Crippen molar-refractivity contribution in [1.29, 1.82) is 0 Å². The number of rotatable bonds is 4. The summed E-state index contributed by atoms with van der Waals surface area (Å²) >= 11 is 13.0. The largest absolute Gasteiger partial charge is 0.328 e. The second-order valence-electron chi connectivity index (χ2n) is 7.60. The third-order valence-corrected chi connectivity index (χ3v) is 6.27. The maximum Gasteiger partial charge on any atom is 0.255 e. The van der Waals surface area contributed by atoms with E-state index in [1.807, 2.05) is 79.7 Å². The highest BCUT2D eigenvalue weighted by atomic mass is 35.5. The first-order chi connectivity index (χ1) is 16.0. The van der Waals surface area contributed by atoms with E-state index in [2.05, 4.69) is 15.6 Å². The number of fused-ring (bicyclic) bond motifs is 1. The van der Waals surface area contributed by atoms with Crippen LogP contribution in [0.15, 0.2) is 90.1 Å². The monoisotopic (exact) mass is 475 g/mol. The van der Waals surface area contributed by atoms with E-state index in [0.29, 0.717) is 44.3 Å². The van der Waals surface area contributed by atoms with Crippen LogP contribution in [-0.4, -0.2) is 20.7 Å². The van der Waals surface area contributed by atoms with Gasteiger partial charge in [-0.2, -0.15) is 4.98 Å². The number of hydrogen-bond acceptors (Lipinski definition) is 4. The maximum absolute atomic E-state index is 13.5. The van der Waals surface area contributed by atoms with Gasteiger partial charge in [0.15, 0.2) is 5.82 Å². The number of hydrogen-bond donors (Lipinski definition) is 2. The lowest BCUT2D eigenvalue weighted by Crippen LogP contribution is -2.31. The Morgan fingerprint density at radius 1 is 0.970 bits per heavy atom. The summed E-state index contributed by atoms with van der Waals surface area (Å²) in [4.78, 5) is 18.2. The molecule has 0 bridgehead atoms. The van der Waals surface area contributed by atoms with Crippen LogP contribution >= 0.6 is 23.2 Å². The molecule has 2 heterocycles. The fourth-order valence-corrected chi connectivity index (χ4v) is 4.30. The molecule has 0 aliphatic carbocycles. The molecule has 3 aromatic carbocycles. The van der Waals surface area contributed by atoms with Crippen molar-refractivity contribution in [3.05, 3.63) is 106 Å². The van der Waals surface area contributed by atoms with Crippen LogP contribution in [0.4, 0.5) is 11.6 Å². The van der Waals surface area contributed by atoms with Crippen molar-refractivity contribution in [1.82, 2.24) is 14.8 Å². The van der Waals surface area contributed by atoms with Crippen LogP contribution in [0, 0.1) is 0 Å². The molecule has 0 saturated heterocycles. The number of nitrogens with zero attached hydrogens (tertiary/aromatic N) is 3. The van der Waals surface area contributed by atoms with Gasteiger partial charge in [-0.25, -0.2) is 4.68 Å². The van der Waals surface area contributed by atoms with Gasteiger partial charge < -0.3 is 10.6 Å². The molecule has 0 radical (unpaired) electrons. The van der Waals surface area contributed by atoms with E-state index in [0.717, 1.165) is 5.56 Å². The van der Waals surface area contributed by atoms with Crippen LogP contribution in [-0.2, 0) is 4.79 Å². The SMILES string of the molecule is CC1=C(C(=O)Nc2ccccc2)C(c2cccc(Cl)c2Cl)n2nc(-c3ccccc3)nc2N1. The van der Waals surface area contributed by atoms with Crippen molar-refractivity contribution in [3.8, 4) is 11.4 Å². The van der Waals surface area contributed by atoms with Gasteiger partial charge in [-0.15, -0.1) is 5.10 Å². The van der Waals surface area contributed by atoms with Gasteiger partial charge in [0.2, 0.25) is 5.95 Å². The Balaban J connectivity index is 1.65. The predicted octanol–water partition coefficient (Wildman–Crippen LogP) is 6.18. The zero-order chi connectivity index (χ0) is 22.9. The summed E-state index contributed by atoms with van der Waals surface area (Å²) in [7, 11) is 0. The molecule has 0 spiro atoms. The molecule has 4 aromatic rings. The molecule has 1 aromatic heterocycles. The summed E-state index contributed by atoms with van der Waals surface area (Å²) in [5.41, 5.74) is 3.34. The minimum atomic E-state index is -0.624. The number of halogens is 2. The standard InChI is InChI=1S/C25H19Cl2N5O/c1-15-20(24(33)29-17-11-6-3-7-12-17)22(18-13-8-14-19(26)21(18)27)32-25(28-15)30-23(31-32)16-9-4-2-5-10-16/h2-14,22H,1H3,(H,29,33)(H,28,30,31). The Morgan fingerprint density at radius 2 is 1.67 bits per heavy atom. The Hall–Kier alpha value is -3.61. The first-order valence-corrected chi connectivity index (χ1v) is 11.1. The van der Waals surface area contributed by atoms with E-state index < -0.39 is 6.04 Å². The summed E-state index contributed by atoms with van der Waals surface area (Å²) in [5, 5.41) is 11.7. The van der Waals surface area contributed by atoms with Crippen molar-refractivity contribution in [2.45, 2.75) is 13.0 Å². The highest BCUT2D eigenvalue weighted by molar-refractivity contribution is 6.42. The zero-order valence-electron chi connectivity index (χ0n) is 17.6. The maximum atomic E-state index is 13.5. The van der Waals surface area contributed by atoms with Crippen molar-refractivity contribution >= 4 is 40.7 Å². The van der Waals surface area contributed by atoms with Gasteiger partial charge in [0.25, 0.3) is 5.91 Å². The molecule has 2 N–H and O–H groups in total. The van der Waals surface area contributed by atoms with Crippen molar-refractivity contribution in [2.24, 2.45) is 0 Å². The number of allylic oxidation sites excluding steroid dienone is 1. The summed E-state index contributed by atoms with van der Waals surface area (Å²) in [6.07, 6.45) is 0. The van der Waals surface area contributed by atoms with E-state index in [1.165, 1.54) is 0 Å². The van der Waals surface area contributed by atoms with Gasteiger partial charge in [-0.05, 0) is 25.1 Å². The molecular formula is C25H19Cl2N5O. The molecule has 1 aliphatic rings. The van der Waals surface area contributed by atoms with Crippen molar-refractivity contribution in [2.75, 3.05) is 10.6 Å². The first-order valence-electron chi connectivity index (χ1n) is 10.3. The molecular weight excluding hydrogens is 457 g/mol. The number of para-hydroxylation sites is 1. The lowest BCUT2D eigenvalue weighted by atomic mass is 9.95. The molecule has 5 rings (SSSR count). The van der Waals surface area contributed by atoms with Gasteiger partial charge in [0.1, 0.15) is 6.04 Å². The average molecular weight is 476 g/mol. The molecule has 1 amide bonds. The quantitative estimate of drug-likeness (QED) is 0.369. The van der Waals surface area contributed by atoms with E-state index in [1.54, 1.807) is 10.7 Å². The normalized spacial score (nSPS) is 15.1. The van der Waals surface area contributed by atoms with Crippen LogP contribution in [0.3, 0.4) is 0 Å². The smallest absolute Gasteiger partial charge is 0.255 e. The molecule has 1 unspecified atom stereocenters. The van der Waals surface area contributed by atoms with Gasteiger partial charge >= 0.3 is 0 Å². The molecule has 6 nitrogen and oxygen atoms in total. The predicted molar refractivity (Wildman–Crippen MR) is 131 cm³/mol. The second kappa shape index (κ2) is 8.73. The van der Waals surface area contributed by atoms with Gasteiger partial charge in [-0.1, -0.05) is 83.9 Å². The number of nitrogens with one attached hydrogen (secondary N) is 2. The lowest BCUT2D eigenvalue weighted by Gasteiger charge is -2.29. The number of amides is 1. The highest BCUT2D eigenvalue weighted by Gasteiger charge is 2.36. The Morgan fingerprint density at radius 3 is 2.39 bits per heavy atom. The van der Waals surface area contributed by atoms with E-state index >= 15 is 0 Å². The fraction of sp³-hybridized carbons (Fsp3) is 0.0800. The summed E-state index contributed by atoms with van der Waals surface area (Å²) < 4.78 is 1.69. The second-order valence-corrected chi connectivity index (χ2v) is 8.38. The minimum Gasteiger partial charge on any atom is -0.328 e. The summed E-state index contributed by atoms with van der Waals surface area (Å²) in [5.74, 6) is 0.789. The number of carbonyl (C=O) groups is 1. The van der Waals surface area contributed by atoms with Crippen LogP contribution < -0.4 is 10.6 Å². The Labute approximate surface area is 200 Å². The molecule has 164 valence electrons. The van der Waals surface area contributed by atoms with Gasteiger partial charge in [0.05, 0.1) is 15.6 Å². The average Bonchev–Trinajstić information content (AvgIpc) is 3.25. The van der Waals surface area contributed by atoms with E-state index in [9.17, 15) is 4.79 Å². The molecule has 0 fully saturated rings. The zero-order valence-corrected chi connectivity index (χ0v) is 19.1. The molecule has 1 atom stereocenters. The summed E-state index contributed by atoms with van der Waals surface area (Å²) in [6, 6.07) is 23.7. The first kappa shape index (κ1) is 21.2. The molecule has 33 heavy (non-hydrogen) atoms. The van der Waals surface area contributed by atoms with Gasteiger partial charge in [-0.3, -0.25) is 4.79 Å². The Kier molecular flexibility index (Phi) is 5.62.